The molecule has 5 rings (SSSR count). The van der Waals surface area contributed by atoms with Crippen LogP contribution in [-0.2, 0) is 15.1 Å². The summed E-state index contributed by atoms with van der Waals surface area (Å²) in [4.78, 5) is 16.3. The predicted octanol–water partition coefficient (Wildman–Crippen LogP) is 5.39. The van der Waals surface area contributed by atoms with Crippen LogP contribution < -0.4 is 9.47 Å². The standard InChI is InChI=1S/C32H37ClN2O5/c1-31(2)21-34(18-15-32(31,37)23-9-11-24(33)12-10-23)16-6-7-26-27-19-25(39-20-30(36)38-3)13-14-29(27)40-22-35-17-5-4-8-28(26)35/h4-5,7-14,19,37H,6,15-18,20-22H2,1-3H3. The molecule has 0 aromatic heterocycles. The van der Waals surface area contributed by atoms with Crippen LogP contribution in [0.3, 0.4) is 0 Å². The van der Waals surface area contributed by atoms with Gasteiger partial charge in [0, 0.05) is 53.5 Å². The summed E-state index contributed by atoms with van der Waals surface area (Å²) in [6.07, 6.45) is 10.1. The molecule has 7 nitrogen and oxygen atoms in total. The molecule has 0 radical (unpaired) electrons. The number of likely N-dealkylation sites (tertiary alicyclic amines) is 1. The maximum atomic E-state index is 11.7. The van der Waals surface area contributed by atoms with Crippen molar-refractivity contribution in [1.82, 2.24) is 9.80 Å². The molecule has 0 bridgehead atoms. The molecule has 40 heavy (non-hydrogen) atoms. The number of carbonyl (C=O) groups excluding carboxylic acids is 1. The van der Waals surface area contributed by atoms with Gasteiger partial charge in [0.1, 0.15) is 11.5 Å². The van der Waals surface area contributed by atoms with Gasteiger partial charge in [-0.15, -0.1) is 0 Å². The summed E-state index contributed by atoms with van der Waals surface area (Å²) in [6, 6.07) is 13.2. The second-order valence-electron chi connectivity index (χ2n) is 11.2. The summed E-state index contributed by atoms with van der Waals surface area (Å²) in [6.45, 7) is 7.78. The van der Waals surface area contributed by atoms with Gasteiger partial charge in [0.2, 0.25) is 0 Å². The van der Waals surface area contributed by atoms with E-state index in [4.69, 9.17) is 25.8 Å². The quantitative estimate of drug-likeness (QED) is 0.452. The fourth-order valence-electron chi connectivity index (χ4n) is 5.84. The van der Waals surface area contributed by atoms with Crippen molar-refractivity contribution in [1.29, 1.82) is 0 Å². The fourth-order valence-corrected chi connectivity index (χ4v) is 5.97. The van der Waals surface area contributed by atoms with Gasteiger partial charge in [-0.25, -0.2) is 4.79 Å². The number of fused-ring (bicyclic) bond motifs is 2. The van der Waals surface area contributed by atoms with E-state index in [2.05, 4.69) is 48.0 Å². The van der Waals surface area contributed by atoms with Crippen molar-refractivity contribution in [2.24, 2.45) is 5.41 Å². The van der Waals surface area contributed by atoms with Gasteiger partial charge in [-0.2, -0.15) is 0 Å². The number of piperidine rings is 1. The number of nitrogens with zero attached hydrogens (tertiary/aromatic N) is 2. The van der Waals surface area contributed by atoms with E-state index in [1.807, 2.05) is 42.5 Å². The topological polar surface area (TPSA) is 71.5 Å². The third kappa shape index (κ3) is 5.78. The van der Waals surface area contributed by atoms with Gasteiger partial charge in [-0.1, -0.05) is 55.8 Å². The van der Waals surface area contributed by atoms with Crippen molar-refractivity contribution in [2.45, 2.75) is 32.3 Å². The van der Waals surface area contributed by atoms with Crippen molar-refractivity contribution in [3.05, 3.63) is 88.6 Å². The number of halogens is 1. The van der Waals surface area contributed by atoms with Gasteiger partial charge < -0.3 is 29.1 Å². The van der Waals surface area contributed by atoms with E-state index in [1.165, 1.54) is 7.11 Å². The van der Waals surface area contributed by atoms with Crippen LogP contribution >= 0.6 is 11.6 Å². The number of aliphatic hydroxyl groups is 1. The first-order valence-electron chi connectivity index (χ1n) is 13.7. The van der Waals surface area contributed by atoms with E-state index >= 15 is 0 Å². The number of allylic oxidation sites excluding steroid dienone is 3. The van der Waals surface area contributed by atoms with E-state index in [0.717, 1.165) is 60.7 Å². The molecule has 0 saturated carbocycles. The average Bonchev–Trinajstić information content (AvgIpc) is 3.10. The highest BCUT2D eigenvalue weighted by Crippen LogP contribution is 2.46. The van der Waals surface area contributed by atoms with E-state index in [9.17, 15) is 9.90 Å². The minimum atomic E-state index is -0.912. The second-order valence-corrected chi connectivity index (χ2v) is 11.6. The Kier molecular flexibility index (Phi) is 8.26. The number of rotatable bonds is 7. The van der Waals surface area contributed by atoms with Crippen molar-refractivity contribution in [3.63, 3.8) is 0 Å². The lowest BCUT2D eigenvalue weighted by Gasteiger charge is -2.50. The van der Waals surface area contributed by atoms with Crippen LogP contribution in [0, 0.1) is 5.41 Å². The Hall–Kier alpha value is -3.26. The van der Waals surface area contributed by atoms with Gasteiger partial charge in [0.25, 0.3) is 0 Å². The SMILES string of the molecule is COC(=O)COc1ccc2c(c1)C(=CCCN1CCC(O)(c3ccc(Cl)cc3)C(C)(C)C1)C1=CC=CCN1CO2. The third-order valence-electron chi connectivity index (χ3n) is 8.18. The van der Waals surface area contributed by atoms with Crippen LogP contribution in [0.4, 0.5) is 0 Å². The number of carbonyl (C=O) groups is 1. The third-order valence-corrected chi connectivity index (χ3v) is 8.43. The second kappa shape index (κ2) is 11.7. The molecule has 1 saturated heterocycles. The molecular formula is C32H37ClN2O5. The zero-order valence-corrected chi connectivity index (χ0v) is 24.1. The Morgan fingerprint density at radius 2 is 2.00 bits per heavy atom. The summed E-state index contributed by atoms with van der Waals surface area (Å²) in [5, 5.41) is 12.4. The molecular weight excluding hydrogens is 528 g/mol. The molecule has 0 spiro atoms. The summed E-state index contributed by atoms with van der Waals surface area (Å²) < 4.78 is 16.6. The molecule has 1 N–H and O–H groups in total. The lowest BCUT2D eigenvalue weighted by Crippen LogP contribution is -2.55. The first kappa shape index (κ1) is 28.3. The number of esters is 1. The fraction of sp³-hybridized carbons (Fsp3) is 0.406. The van der Waals surface area contributed by atoms with Gasteiger partial charge >= 0.3 is 5.97 Å². The largest absolute Gasteiger partial charge is 0.482 e. The molecule has 3 heterocycles. The number of benzene rings is 2. The van der Waals surface area contributed by atoms with Gasteiger partial charge in [-0.3, -0.25) is 0 Å². The Balaban J connectivity index is 1.35. The summed E-state index contributed by atoms with van der Waals surface area (Å²) in [7, 11) is 1.34. The molecule has 1 atom stereocenters. The molecule has 0 amide bonds. The Morgan fingerprint density at radius 1 is 1.20 bits per heavy atom. The number of hydrogen-bond acceptors (Lipinski definition) is 7. The van der Waals surface area contributed by atoms with Crippen LogP contribution in [0.1, 0.15) is 37.8 Å². The van der Waals surface area contributed by atoms with Crippen LogP contribution in [0.15, 0.2) is 72.5 Å². The number of ether oxygens (including phenoxy) is 3. The molecule has 212 valence electrons. The molecule has 2 aromatic rings. The first-order chi connectivity index (χ1) is 19.2. The van der Waals surface area contributed by atoms with Gasteiger partial charge in [0.15, 0.2) is 13.3 Å². The molecule has 0 aliphatic carbocycles. The summed E-state index contributed by atoms with van der Waals surface area (Å²) in [5.74, 6) is 0.929. The lowest BCUT2D eigenvalue weighted by molar-refractivity contribution is -0.142. The van der Waals surface area contributed by atoms with Crippen molar-refractivity contribution < 1.29 is 24.1 Å². The highest BCUT2D eigenvalue weighted by Gasteiger charge is 2.48. The highest BCUT2D eigenvalue weighted by molar-refractivity contribution is 6.30. The molecule has 2 aromatic carbocycles. The minimum absolute atomic E-state index is 0.153. The summed E-state index contributed by atoms with van der Waals surface area (Å²) in [5.41, 5.74) is 2.78. The van der Waals surface area contributed by atoms with Crippen molar-refractivity contribution in [3.8, 4) is 11.5 Å². The normalized spacial score (nSPS) is 23.0. The van der Waals surface area contributed by atoms with Crippen LogP contribution in [0.5, 0.6) is 11.5 Å². The lowest BCUT2D eigenvalue weighted by atomic mass is 9.66. The van der Waals surface area contributed by atoms with Crippen molar-refractivity contribution in [2.75, 3.05) is 46.6 Å². The van der Waals surface area contributed by atoms with E-state index in [-0.39, 0.29) is 12.0 Å². The van der Waals surface area contributed by atoms with Crippen LogP contribution in [0.25, 0.3) is 5.57 Å². The van der Waals surface area contributed by atoms with Gasteiger partial charge in [0.05, 0.1) is 12.7 Å². The average molecular weight is 565 g/mol. The van der Waals surface area contributed by atoms with E-state index in [1.54, 1.807) is 0 Å². The number of methoxy groups -OCH3 is 1. The van der Waals surface area contributed by atoms with Crippen molar-refractivity contribution >= 4 is 23.1 Å². The molecule has 3 aliphatic rings. The molecule has 3 aliphatic heterocycles. The maximum absolute atomic E-state index is 11.7. The Labute approximate surface area is 241 Å². The van der Waals surface area contributed by atoms with Crippen LogP contribution in [0.2, 0.25) is 5.02 Å². The first-order valence-corrected chi connectivity index (χ1v) is 14.1. The zero-order valence-electron chi connectivity index (χ0n) is 23.4. The van der Waals surface area contributed by atoms with E-state index < -0.39 is 11.6 Å². The highest BCUT2D eigenvalue weighted by atomic mass is 35.5. The summed E-state index contributed by atoms with van der Waals surface area (Å²) >= 11 is 6.10. The van der Waals surface area contributed by atoms with Crippen LogP contribution in [-0.4, -0.2) is 67.5 Å². The predicted molar refractivity (Wildman–Crippen MR) is 156 cm³/mol. The Bertz CT molecular complexity index is 1330. The molecule has 8 heteroatoms. The number of hydrogen-bond donors (Lipinski definition) is 1. The minimum Gasteiger partial charge on any atom is -0.482 e. The Morgan fingerprint density at radius 3 is 2.75 bits per heavy atom. The monoisotopic (exact) mass is 564 g/mol. The molecule has 1 unspecified atom stereocenters. The smallest absolute Gasteiger partial charge is 0.343 e. The maximum Gasteiger partial charge on any atom is 0.343 e. The van der Waals surface area contributed by atoms with E-state index in [0.29, 0.717) is 23.9 Å². The molecule has 1 fully saturated rings. The van der Waals surface area contributed by atoms with Gasteiger partial charge in [-0.05, 0) is 54.8 Å². The zero-order chi connectivity index (χ0) is 28.3.